The molecule has 2 aromatic rings. The molecule has 1 aromatic heterocycles. The van der Waals surface area contributed by atoms with Crippen LogP contribution in [0.25, 0.3) is 0 Å². The van der Waals surface area contributed by atoms with Gasteiger partial charge in [0.15, 0.2) is 0 Å². The molecule has 4 rings (SSSR count). The molecule has 0 radical (unpaired) electrons. The second-order valence-corrected chi connectivity index (χ2v) is 9.10. The van der Waals surface area contributed by atoms with Crippen molar-refractivity contribution in [2.75, 3.05) is 30.9 Å². The number of rotatable bonds is 7. The van der Waals surface area contributed by atoms with E-state index in [1.165, 1.54) is 0 Å². The number of benzene rings is 1. The fourth-order valence-electron chi connectivity index (χ4n) is 5.09. The van der Waals surface area contributed by atoms with E-state index in [1.807, 2.05) is 38.4 Å². The van der Waals surface area contributed by atoms with Crippen molar-refractivity contribution >= 4 is 30.0 Å². The molecule has 9 heteroatoms. The molecule has 34 heavy (non-hydrogen) atoms. The van der Waals surface area contributed by atoms with Crippen molar-refractivity contribution in [2.24, 2.45) is 24.6 Å². The molecule has 4 N–H and O–H groups in total. The Morgan fingerprint density at radius 3 is 2.47 bits per heavy atom. The van der Waals surface area contributed by atoms with Crippen molar-refractivity contribution in [1.82, 2.24) is 9.78 Å². The SMILES string of the molecule is CNc1cc(NC(=O)C(c2ccnn2C)C2CCC2C)ccc1C1(C=O)CCOCC1.NC=O. The number of hydrogen-bond donors (Lipinski definition) is 3. The van der Waals surface area contributed by atoms with Gasteiger partial charge in [-0.2, -0.15) is 5.10 Å². The monoisotopic (exact) mass is 469 g/mol. The summed E-state index contributed by atoms with van der Waals surface area (Å²) in [6.07, 6.45) is 6.59. The third kappa shape index (κ3) is 5.14. The molecule has 1 aromatic carbocycles. The van der Waals surface area contributed by atoms with E-state index >= 15 is 0 Å². The molecule has 3 atom stereocenters. The summed E-state index contributed by atoms with van der Waals surface area (Å²) in [5, 5.41) is 10.6. The Labute approximate surface area is 200 Å². The van der Waals surface area contributed by atoms with E-state index in [9.17, 15) is 9.59 Å². The lowest BCUT2D eigenvalue weighted by atomic mass is 9.66. The van der Waals surface area contributed by atoms with Crippen LogP contribution in [0.15, 0.2) is 30.5 Å². The Bertz CT molecular complexity index is 999. The highest BCUT2D eigenvalue weighted by atomic mass is 16.5. The van der Waals surface area contributed by atoms with Gasteiger partial charge >= 0.3 is 0 Å². The topological polar surface area (TPSA) is 128 Å². The highest BCUT2D eigenvalue weighted by Crippen LogP contribution is 2.44. The number of carbonyl (C=O) groups excluding carboxylic acids is 3. The summed E-state index contributed by atoms with van der Waals surface area (Å²) in [7, 11) is 3.73. The third-order valence-corrected chi connectivity index (χ3v) is 7.28. The molecule has 2 heterocycles. The molecule has 3 unspecified atom stereocenters. The zero-order valence-corrected chi connectivity index (χ0v) is 20.1. The summed E-state index contributed by atoms with van der Waals surface area (Å²) >= 11 is 0. The highest BCUT2D eigenvalue weighted by Gasteiger charge is 2.40. The highest BCUT2D eigenvalue weighted by molar-refractivity contribution is 5.96. The summed E-state index contributed by atoms with van der Waals surface area (Å²) in [5.74, 6) is 0.595. The largest absolute Gasteiger partial charge is 0.388 e. The van der Waals surface area contributed by atoms with E-state index in [1.54, 1.807) is 10.9 Å². The van der Waals surface area contributed by atoms with Crippen LogP contribution >= 0.6 is 0 Å². The van der Waals surface area contributed by atoms with Crippen LogP contribution in [0.3, 0.4) is 0 Å². The molecule has 1 saturated heterocycles. The molecular weight excluding hydrogens is 434 g/mol. The van der Waals surface area contributed by atoms with Gasteiger partial charge in [0.1, 0.15) is 6.29 Å². The number of carbonyl (C=O) groups is 3. The zero-order valence-electron chi connectivity index (χ0n) is 20.1. The van der Waals surface area contributed by atoms with Gasteiger partial charge in [-0.15, -0.1) is 0 Å². The number of aromatic nitrogens is 2. The molecule has 0 spiro atoms. The molecule has 0 bridgehead atoms. The lowest BCUT2D eigenvalue weighted by Crippen LogP contribution is -2.37. The van der Waals surface area contributed by atoms with Crippen molar-refractivity contribution in [3.8, 4) is 0 Å². The van der Waals surface area contributed by atoms with Gasteiger partial charge in [0.05, 0.1) is 17.0 Å². The van der Waals surface area contributed by atoms with E-state index in [0.717, 1.165) is 41.8 Å². The Hall–Kier alpha value is -3.20. The van der Waals surface area contributed by atoms with Gasteiger partial charge in [-0.25, -0.2) is 0 Å². The van der Waals surface area contributed by atoms with Crippen LogP contribution in [0.4, 0.5) is 11.4 Å². The van der Waals surface area contributed by atoms with Gasteiger partial charge in [0, 0.05) is 44.9 Å². The number of anilines is 2. The minimum Gasteiger partial charge on any atom is -0.388 e. The normalized spacial score (nSPS) is 21.7. The number of aldehydes is 1. The fraction of sp³-hybridized carbons (Fsp3) is 0.520. The van der Waals surface area contributed by atoms with E-state index < -0.39 is 5.41 Å². The zero-order chi connectivity index (χ0) is 24.7. The fourth-order valence-corrected chi connectivity index (χ4v) is 5.09. The number of nitrogens with zero attached hydrogens (tertiary/aromatic N) is 2. The lowest BCUT2D eigenvalue weighted by Gasteiger charge is -2.39. The number of nitrogens with one attached hydrogen (secondary N) is 2. The third-order valence-electron chi connectivity index (χ3n) is 7.28. The van der Waals surface area contributed by atoms with Gasteiger partial charge in [0.2, 0.25) is 12.3 Å². The van der Waals surface area contributed by atoms with Crippen molar-refractivity contribution in [3.05, 3.63) is 41.7 Å². The maximum atomic E-state index is 13.4. The Balaban J connectivity index is 0.00000103. The number of amides is 2. The van der Waals surface area contributed by atoms with Crippen LogP contribution in [0.2, 0.25) is 0 Å². The average Bonchev–Trinajstić information content (AvgIpc) is 3.27. The molecule has 9 nitrogen and oxygen atoms in total. The number of primary amides is 1. The van der Waals surface area contributed by atoms with Gasteiger partial charge in [-0.3, -0.25) is 14.3 Å². The summed E-state index contributed by atoms with van der Waals surface area (Å²) in [6, 6.07) is 7.74. The first-order chi connectivity index (χ1) is 16.4. The second-order valence-electron chi connectivity index (χ2n) is 9.10. The molecule has 1 aliphatic carbocycles. The summed E-state index contributed by atoms with van der Waals surface area (Å²) in [4.78, 5) is 34.0. The van der Waals surface area contributed by atoms with Crippen LogP contribution in [-0.4, -0.2) is 48.6 Å². The predicted octanol–water partition coefficient (Wildman–Crippen LogP) is 2.58. The maximum Gasteiger partial charge on any atom is 0.233 e. The average molecular weight is 470 g/mol. The van der Waals surface area contributed by atoms with Crippen LogP contribution in [0, 0.1) is 11.8 Å². The summed E-state index contributed by atoms with van der Waals surface area (Å²) in [5.41, 5.74) is 7.12. The molecule has 2 amide bonds. The number of nitrogens with two attached hydrogens (primary N) is 1. The van der Waals surface area contributed by atoms with Crippen molar-refractivity contribution in [2.45, 2.75) is 43.9 Å². The van der Waals surface area contributed by atoms with Crippen LogP contribution < -0.4 is 16.4 Å². The molecule has 1 aliphatic heterocycles. The Morgan fingerprint density at radius 1 is 1.26 bits per heavy atom. The predicted molar refractivity (Wildman–Crippen MR) is 131 cm³/mol. The van der Waals surface area contributed by atoms with Crippen molar-refractivity contribution in [3.63, 3.8) is 0 Å². The van der Waals surface area contributed by atoms with Crippen LogP contribution in [-0.2, 0) is 31.6 Å². The summed E-state index contributed by atoms with van der Waals surface area (Å²) in [6.45, 7) is 3.37. The molecule has 184 valence electrons. The molecule has 1 saturated carbocycles. The van der Waals surface area contributed by atoms with E-state index in [2.05, 4.69) is 28.4 Å². The van der Waals surface area contributed by atoms with Gasteiger partial charge in [-0.05, 0) is 54.9 Å². The van der Waals surface area contributed by atoms with E-state index in [0.29, 0.717) is 37.9 Å². The summed E-state index contributed by atoms with van der Waals surface area (Å²) < 4.78 is 7.28. The smallest absolute Gasteiger partial charge is 0.233 e. The van der Waals surface area contributed by atoms with E-state index in [4.69, 9.17) is 9.53 Å². The standard InChI is InChI=1S/C24H32N4O3.CH3NO/c1-16-4-6-18(16)22(21-8-11-26-28(21)3)23(30)27-17-5-7-19(20(14-17)25-2)24(15-29)9-12-31-13-10-24;2-1-3/h5,7-8,11,14-16,18,22,25H,4,6,9-10,12-13H2,1-3H3,(H,27,30);1H,(H2,2,3). The molecule has 2 fully saturated rings. The lowest BCUT2D eigenvalue weighted by molar-refractivity contribution is -0.120. The Morgan fingerprint density at radius 2 is 1.97 bits per heavy atom. The first-order valence-electron chi connectivity index (χ1n) is 11.7. The first-order valence-corrected chi connectivity index (χ1v) is 11.7. The van der Waals surface area contributed by atoms with Crippen LogP contribution in [0.5, 0.6) is 0 Å². The van der Waals surface area contributed by atoms with Crippen LogP contribution in [0.1, 0.15) is 49.8 Å². The minimum absolute atomic E-state index is 0.00822. The van der Waals surface area contributed by atoms with Gasteiger partial charge in [-0.1, -0.05) is 19.4 Å². The minimum atomic E-state index is -0.544. The quantitative estimate of drug-likeness (QED) is 0.535. The first kappa shape index (κ1) is 25.4. The Kier molecular flexibility index (Phi) is 8.44. The number of aryl methyl sites for hydroxylation is 1. The molecule has 2 aliphatic rings. The van der Waals surface area contributed by atoms with Crippen molar-refractivity contribution < 1.29 is 19.1 Å². The van der Waals surface area contributed by atoms with Gasteiger partial charge < -0.3 is 25.9 Å². The molecular formula is C25H35N5O4. The van der Waals surface area contributed by atoms with Crippen molar-refractivity contribution in [1.29, 1.82) is 0 Å². The maximum absolute atomic E-state index is 13.4. The van der Waals surface area contributed by atoms with Gasteiger partial charge in [0.25, 0.3) is 0 Å². The number of hydrogen-bond acceptors (Lipinski definition) is 6. The van der Waals surface area contributed by atoms with E-state index in [-0.39, 0.29) is 18.2 Å². The second kappa shape index (κ2) is 11.3. The number of ether oxygens (including phenoxy) is 1.